The largest absolute Gasteiger partial charge is 0.497 e. The zero-order valence-electron chi connectivity index (χ0n) is 10.5. The van der Waals surface area contributed by atoms with Crippen LogP contribution in [0.5, 0.6) is 0 Å². The van der Waals surface area contributed by atoms with Gasteiger partial charge in [-0.25, -0.2) is 13.6 Å². The van der Waals surface area contributed by atoms with E-state index in [1.165, 1.54) is 13.2 Å². The molecule has 2 N–H and O–H groups in total. The molecule has 1 saturated carbocycles. The standard InChI is InChI=1S/C12H19NO4S/c1-16-10-6-8-12(9-7-10,18(13,14)15)17-11-4-2-3-5-11/h6-8,11H,2-5,9H2,1H3,(H2,13,14,15). The van der Waals surface area contributed by atoms with Crippen molar-refractivity contribution in [2.24, 2.45) is 5.14 Å². The molecule has 0 bridgehead atoms. The SMILES string of the molecule is COC1=CCC(OC2CCCC2)(S(N)(=O)=O)C=C1. The van der Waals surface area contributed by atoms with E-state index in [1.54, 1.807) is 12.2 Å². The molecule has 6 heteroatoms. The van der Waals surface area contributed by atoms with Crippen LogP contribution in [0.15, 0.2) is 24.0 Å². The van der Waals surface area contributed by atoms with Crippen LogP contribution in [0, 0.1) is 0 Å². The van der Waals surface area contributed by atoms with Gasteiger partial charge in [0.2, 0.25) is 15.0 Å². The molecule has 0 amide bonds. The Morgan fingerprint density at radius 2 is 2.06 bits per heavy atom. The molecule has 0 radical (unpaired) electrons. The van der Waals surface area contributed by atoms with Gasteiger partial charge >= 0.3 is 0 Å². The number of hydrogen-bond acceptors (Lipinski definition) is 4. The summed E-state index contributed by atoms with van der Waals surface area (Å²) in [6.45, 7) is 0. The first kappa shape index (κ1) is 13.6. The fraction of sp³-hybridized carbons (Fsp3) is 0.667. The van der Waals surface area contributed by atoms with Crippen LogP contribution in [0.3, 0.4) is 0 Å². The highest BCUT2D eigenvalue weighted by Crippen LogP contribution is 2.34. The highest BCUT2D eigenvalue weighted by molar-refractivity contribution is 7.90. The predicted octanol–water partition coefficient (Wildman–Crippen LogP) is 1.42. The van der Waals surface area contributed by atoms with Crippen LogP contribution in [0.25, 0.3) is 0 Å². The van der Waals surface area contributed by atoms with E-state index >= 15 is 0 Å². The van der Waals surface area contributed by atoms with Crippen LogP contribution in [-0.2, 0) is 19.5 Å². The maximum atomic E-state index is 11.8. The molecule has 102 valence electrons. The Morgan fingerprint density at radius 3 is 2.50 bits per heavy atom. The van der Waals surface area contributed by atoms with E-state index in [4.69, 9.17) is 14.6 Å². The molecule has 2 rings (SSSR count). The maximum Gasteiger partial charge on any atom is 0.243 e. The summed E-state index contributed by atoms with van der Waals surface area (Å²) < 4.78 is 34.5. The third-order valence-electron chi connectivity index (χ3n) is 3.47. The van der Waals surface area contributed by atoms with Gasteiger partial charge in [0, 0.05) is 6.42 Å². The highest BCUT2D eigenvalue weighted by Gasteiger charge is 2.43. The van der Waals surface area contributed by atoms with Gasteiger partial charge in [-0.3, -0.25) is 0 Å². The first-order valence-electron chi connectivity index (χ1n) is 6.10. The number of nitrogens with two attached hydrogens (primary N) is 1. The van der Waals surface area contributed by atoms with Crippen LogP contribution in [0.2, 0.25) is 0 Å². The summed E-state index contributed by atoms with van der Waals surface area (Å²) in [6.07, 6.45) is 8.91. The molecule has 1 unspecified atom stereocenters. The van der Waals surface area contributed by atoms with E-state index in [9.17, 15) is 8.42 Å². The molecule has 2 aliphatic carbocycles. The molecular weight excluding hydrogens is 254 g/mol. The maximum absolute atomic E-state index is 11.8. The Kier molecular flexibility index (Phi) is 3.79. The lowest BCUT2D eigenvalue weighted by atomic mass is 10.1. The summed E-state index contributed by atoms with van der Waals surface area (Å²) in [5, 5.41) is 5.34. The smallest absolute Gasteiger partial charge is 0.243 e. The Bertz CT molecular complexity index is 462. The lowest BCUT2D eigenvalue weighted by Gasteiger charge is -2.32. The number of primary sulfonamides is 1. The molecule has 0 saturated heterocycles. The van der Waals surface area contributed by atoms with Gasteiger partial charge in [-0.2, -0.15) is 0 Å². The van der Waals surface area contributed by atoms with Gasteiger partial charge in [-0.05, 0) is 31.1 Å². The second kappa shape index (κ2) is 5.03. The number of hydrogen-bond donors (Lipinski definition) is 1. The fourth-order valence-electron chi connectivity index (χ4n) is 2.39. The van der Waals surface area contributed by atoms with Crippen LogP contribution in [0.1, 0.15) is 32.1 Å². The minimum Gasteiger partial charge on any atom is -0.497 e. The van der Waals surface area contributed by atoms with Crippen LogP contribution in [-0.4, -0.2) is 26.6 Å². The Balaban J connectivity index is 2.21. The Labute approximate surface area is 108 Å². The summed E-state index contributed by atoms with van der Waals surface area (Å²) in [5.74, 6) is 0.629. The van der Waals surface area contributed by atoms with Gasteiger partial charge in [0.1, 0.15) is 5.76 Å². The van der Waals surface area contributed by atoms with Crippen molar-refractivity contribution in [3.63, 3.8) is 0 Å². The molecule has 5 nitrogen and oxygen atoms in total. The van der Waals surface area contributed by atoms with Crippen molar-refractivity contribution in [3.05, 3.63) is 24.0 Å². The fourth-order valence-corrected chi connectivity index (χ4v) is 3.24. The zero-order chi connectivity index (χ0) is 13.2. The minimum absolute atomic E-state index is 0.0227. The number of rotatable bonds is 4. The van der Waals surface area contributed by atoms with Crippen molar-refractivity contribution in [2.75, 3.05) is 7.11 Å². The first-order chi connectivity index (χ1) is 8.47. The number of sulfonamides is 1. The average Bonchev–Trinajstić information content (AvgIpc) is 2.81. The highest BCUT2D eigenvalue weighted by atomic mass is 32.2. The topological polar surface area (TPSA) is 78.6 Å². The zero-order valence-corrected chi connectivity index (χ0v) is 11.3. The molecule has 0 aromatic carbocycles. The van der Waals surface area contributed by atoms with Crippen molar-refractivity contribution in [2.45, 2.75) is 43.1 Å². The quantitative estimate of drug-likeness (QED) is 0.840. The van der Waals surface area contributed by atoms with Gasteiger partial charge in [0.15, 0.2) is 0 Å². The van der Waals surface area contributed by atoms with Crippen molar-refractivity contribution in [1.29, 1.82) is 0 Å². The number of methoxy groups -OCH3 is 1. The summed E-state index contributed by atoms with van der Waals surface area (Å²) in [4.78, 5) is -1.43. The monoisotopic (exact) mass is 273 g/mol. The number of allylic oxidation sites excluding steroid dienone is 1. The Hall–Kier alpha value is -0.850. The molecular formula is C12H19NO4S. The Morgan fingerprint density at radius 1 is 1.39 bits per heavy atom. The second-order valence-corrected chi connectivity index (χ2v) is 6.51. The molecule has 0 heterocycles. The normalized spacial score (nSPS) is 29.3. The summed E-state index contributed by atoms with van der Waals surface area (Å²) >= 11 is 0. The molecule has 1 fully saturated rings. The molecule has 0 aromatic rings. The van der Waals surface area contributed by atoms with E-state index in [2.05, 4.69) is 0 Å². The molecule has 1 atom stereocenters. The summed E-state index contributed by atoms with van der Waals surface area (Å²) in [6, 6.07) is 0. The molecule has 2 aliphatic rings. The number of ether oxygens (including phenoxy) is 2. The third-order valence-corrected chi connectivity index (χ3v) is 4.84. The van der Waals surface area contributed by atoms with Crippen LogP contribution in [0.4, 0.5) is 0 Å². The van der Waals surface area contributed by atoms with E-state index < -0.39 is 15.0 Å². The predicted molar refractivity (Wildman–Crippen MR) is 68.0 cm³/mol. The minimum atomic E-state index is -3.82. The third kappa shape index (κ3) is 2.60. The van der Waals surface area contributed by atoms with E-state index in [0.717, 1.165) is 25.7 Å². The lowest BCUT2D eigenvalue weighted by Crippen LogP contribution is -2.46. The van der Waals surface area contributed by atoms with Gasteiger partial charge in [0.25, 0.3) is 0 Å². The van der Waals surface area contributed by atoms with Crippen LogP contribution < -0.4 is 5.14 Å². The van der Waals surface area contributed by atoms with Gasteiger partial charge in [-0.15, -0.1) is 0 Å². The van der Waals surface area contributed by atoms with Gasteiger partial charge in [0.05, 0.1) is 13.2 Å². The summed E-state index contributed by atoms with van der Waals surface area (Å²) in [5.41, 5.74) is 0. The first-order valence-corrected chi connectivity index (χ1v) is 7.65. The average molecular weight is 273 g/mol. The lowest BCUT2D eigenvalue weighted by molar-refractivity contribution is -0.00950. The van der Waals surface area contributed by atoms with Crippen molar-refractivity contribution < 1.29 is 17.9 Å². The molecule has 18 heavy (non-hydrogen) atoms. The molecule has 0 spiro atoms. The molecule has 0 aliphatic heterocycles. The van der Waals surface area contributed by atoms with Gasteiger partial charge in [-0.1, -0.05) is 12.8 Å². The molecule has 0 aromatic heterocycles. The second-order valence-electron chi connectivity index (χ2n) is 4.73. The van der Waals surface area contributed by atoms with Crippen molar-refractivity contribution >= 4 is 10.0 Å². The van der Waals surface area contributed by atoms with E-state index in [0.29, 0.717) is 5.76 Å². The van der Waals surface area contributed by atoms with Gasteiger partial charge < -0.3 is 9.47 Å². The van der Waals surface area contributed by atoms with E-state index in [-0.39, 0.29) is 12.5 Å². The van der Waals surface area contributed by atoms with E-state index in [1.807, 2.05) is 0 Å². The van der Waals surface area contributed by atoms with Crippen molar-refractivity contribution in [1.82, 2.24) is 0 Å². The van der Waals surface area contributed by atoms with Crippen molar-refractivity contribution in [3.8, 4) is 0 Å². The van der Waals surface area contributed by atoms with Crippen LogP contribution >= 0.6 is 0 Å². The summed E-state index contributed by atoms with van der Waals surface area (Å²) in [7, 11) is -2.28.